The number of amidine groups is 1. The number of aliphatic imine (C=N–C) groups is 1. The van der Waals surface area contributed by atoms with Crippen LogP contribution in [0.25, 0.3) is 0 Å². The number of rotatable bonds is 1. The molecule has 0 unspecified atom stereocenters. The number of para-hydroxylation sites is 3. The number of carbonyl (C=O) groups excluding carboxylic acids is 1. The predicted octanol–water partition coefficient (Wildman–Crippen LogP) is 5.42. The first kappa shape index (κ1) is 20.1. The second-order valence-corrected chi connectivity index (χ2v) is 8.13. The van der Waals surface area contributed by atoms with Crippen molar-refractivity contribution in [2.24, 2.45) is 4.99 Å². The molecule has 0 atom stereocenters. The van der Waals surface area contributed by atoms with E-state index < -0.39 is 0 Å². The van der Waals surface area contributed by atoms with Crippen LogP contribution in [0.3, 0.4) is 0 Å². The molecule has 32 heavy (non-hydrogen) atoms. The lowest BCUT2D eigenvalue weighted by Crippen LogP contribution is -2.39. The van der Waals surface area contributed by atoms with Crippen LogP contribution >= 0.6 is 0 Å². The van der Waals surface area contributed by atoms with E-state index in [1.165, 1.54) is 0 Å². The number of carbonyl (C=O) groups is 1. The van der Waals surface area contributed by atoms with E-state index >= 15 is 0 Å². The molecule has 0 aliphatic carbocycles. The molecule has 2 aliphatic heterocycles. The van der Waals surface area contributed by atoms with Crippen molar-refractivity contribution in [2.45, 2.75) is 13.3 Å². The molecule has 0 spiro atoms. The van der Waals surface area contributed by atoms with Gasteiger partial charge >= 0.3 is 6.03 Å². The summed E-state index contributed by atoms with van der Waals surface area (Å²) in [7, 11) is 0. The van der Waals surface area contributed by atoms with Crippen LogP contribution in [0.2, 0.25) is 0 Å². The monoisotopic (exact) mass is 426 g/mol. The van der Waals surface area contributed by atoms with E-state index in [2.05, 4.69) is 29.3 Å². The van der Waals surface area contributed by atoms with E-state index in [1.54, 1.807) is 0 Å². The van der Waals surface area contributed by atoms with Crippen molar-refractivity contribution in [1.82, 2.24) is 9.80 Å². The fraction of sp³-hybridized carbons (Fsp3) is 0.231. The molecule has 0 bridgehead atoms. The Balaban J connectivity index is 1.40. The molecule has 1 saturated heterocycles. The predicted molar refractivity (Wildman–Crippen MR) is 127 cm³/mol. The molecule has 3 aromatic rings. The summed E-state index contributed by atoms with van der Waals surface area (Å²) in [6.45, 7) is 4.94. The van der Waals surface area contributed by atoms with Crippen LogP contribution < -0.4 is 10.1 Å². The molecule has 2 amide bonds. The maximum Gasteiger partial charge on any atom is 0.321 e. The van der Waals surface area contributed by atoms with Gasteiger partial charge in [0, 0.05) is 31.9 Å². The van der Waals surface area contributed by atoms with Crippen LogP contribution in [0.1, 0.15) is 17.5 Å². The molecule has 0 saturated carbocycles. The number of amides is 2. The summed E-state index contributed by atoms with van der Waals surface area (Å²) in [4.78, 5) is 22.0. The topological polar surface area (TPSA) is 57.2 Å². The number of nitrogens with one attached hydrogen (secondary N) is 1. The Morgan fingerprint density at radius 3 is 2.59 bits per heavy atom. The molecular formula is C26H26N4O2. The number of anilines is 1. The SMILES string of the molecule is Cc1ccc2c(c1)C(N1CCCN(C(=O)Nc3ccccc3)CC1)=Nc1ccccc1O2. The first-order valence-corrected chi connectivity index (χ1v) is 11.0. The fourth-order valence-electron chi connectivity index (χ4n) is 4.13. The highest BCUT2D eigenvalue weighted by Gasteiger charge is 2.26. The minimum atomic E-state index is -0.0641. The van der Waals surface area contributed by atoms with Crippen LogP contribution in [0.15, 0.2) is 77.8 Å². The zero-order valence-electron chi connectivity index (χ0n) is 18.1. The maximum absolute atomic E-state index is 12.8. The molecule has 0 aromatic heterocycles. The van der Waals surface area contributed by atoms with Gasteiger partial charge in [0.1, 0.15) is 17.3 Å². The third-order valence-corrected chi connectivity index (χ3v) is 5.80. The van der Waals surface area contributed by atoms with Gasteiger partial charge in [-0.3, -0.25) is 0 Å². The maximum atomic E-state index is 12.8. The second-order valence-electron chi connectivity index (χ2n) is 8.13. The van der Waals surface area contributed by atoms with Crippen molar-refractivity contribution in [1.29, 1.82) is 0 Å². The molecule has 2 heterocycles. The molecule has 6 nitrogen and oxygen atoms in total. The zero-order chi connectivity index (χ0) is 21.9. The average molecular weight is 427 g/mol. The van der Waals surface area contributed by atoms with Crippen LogP contribution in [0.5, 0.6) is 11.5 Å². The van der Waals surface area contributed by atoms with Gasteiger partial charge < -0.3 is 19.9 Å². The van der Waals surface area contributed by atoms with Crippen LogP contribution in [-0.4, -0.2) is 47.8 Å². The number of fused-ring (bicyclic) bond motifs is 2. The smallest absolute Gasteiger partial charge is 0.321 e. The Morgan fingerprint density at radius 1 is 0.906 bits per heavy atom. The minimum Gasteiger partial charge on any atom is -0.454 e. The summed E-state index contributed by atoms with van der Waals surface area (Å²) < 4.78 is 6.22. The van der Waals surface area contributed by atoms with Gasteiger partial charge in [-0.1, -0.05) is 42.0 Å². The molecule has 0 radical (unpaired) electrons. The molecule has 3 aromatic carbocycles. The van der Waals surface area contributed by atoms with Gasteiger partial charge in [0.05, 0.1) is 5.56 Å². The number of hydrogen-bond acceptors (Lipinski definition) is 4. The van der Waals surface area contributed by atoms with E-state index in [4.69, 9.17) is 9.73 Å². The summed E-state index contributed by atoms with van der Waals surface area (Å²) in [5.74, 6) is 2.47. The fourth-order valence-corrected chi connectivity index (χ4v) is 4.13. The molecular weight excluding hydrogens is 400 g/mol. The Morgan fingerprint density at radius 2 is 1.72 bits per heavy atom. The van der Waals surface area contributed by atoms with Gasteiger partial charge in [0.25, 0.3) is 0 Å². The Labute approximate surface area is 188 Å². The van der Waals surface area contributed by atoms with E-state index in [0.29, 0.717) is 19.6 Å². The summed E-state index contributed by atoms with van der Waals surface area (Å²) in [5.41, 5.74) is 3.78. The minimum absolute atomic E-state index is 0.0641. The number of ether oxygens (including phenoxy) is 1. The van der Waals surface area contributed by atoms with Gasteiger partial charge in [0.2, 0.25) is 0 Å². The molecule has 6 heteroatoms. The molecule has 162 valence electrons. The standard InChI is InChI=1S/C26H26N4O2/c1-19-12-13-23-21(18-19)25(28-22-10-5-6-11-24(22)32-23)29-14-7-15-30(17-16-29)26(31)27-20-8-3-2-4-9-20/h2-6,8-13,18H,7,14-17H2,1H3,(H,27,31). The van der Waals surface area contributed by atoms with Crippen molar-refractivity contribution in [2.75, 3.05) is 31.5 Å². The quantitative estimate of drug-likeness (QED) is 0.565. The third kappa shape index (κ3) is 4.17. The Bertz CT molecular complexity index is 1160. The first-order chi connectivity index (χ1) is 15.7. The van der Waals surface area contributed by atoms with Crippen LogP contribution in [0.4, 0.5) is 16.2 Å². The van der Waals surface area contributed by atoms with Crippen LogP contribution in [-0.2, 0) is 0 Å². The van der Waals surface area contributed by atoms with Crippen molar-refractivity contribution in [3.8, 4) is 11.5 Å². The first-order valence-electron chi connectivity index (χ1n) is 11.0. The highest BCUT2D eigenvalue weighted by molar-refractivity contribution is 6.04. The molecule has 2 aliphatic rings. The lowest BCUT2D eigenvalue weighted by Gasteiger charge is -2.25. The normalized spacial score (nSPS) is 15.5. The van der Waals surface area contributed by atoms with Gasteiger partial charge in [-0.05, 0) is 49.7 Å². The van der Waals surface area contributed by atoms with E-state index in [9.17, 15) is 4.79 Å². The number of benzene rings is 3. The summed E-state index contributed by atoms with van der Waals surface area (Å²) >= 11 is 0. The van der Waals surface area contributed by atoms with Gasteiger partial charge in [-0.15, -0.1) is 0 Å². The summed E-state index contributed by atoms with van der Waals surface area (Å²) in [5, 5.41) is 3.00. The Kier molecular flexibility index (Phi) is 5.50. The Hall–Kier alpha value is -3.80. The number of nitrogens with zero attached hydrogens (tertiary/aromatic N) is 3. The second kappa shape index (κ2) is 8.75. The van der Waals surface area contributed by atoms with Crippen molar-refractivity contribution in [3.05, 3.63) is 83.9 Å². The lowest BCUT2D eigenvalue weighted by atomic mass is 10.1. The van der Waals surface area contributed by atoms with E-state index in [1.807, 2.05) is 65.6 Å². The molecule has 1 fully saturated rings. The van der Waals surface area contributed by atoms with Gasteiger partial charge in [-0.2, -0.15) is 0 Å². The number of aryl methyl sites for hydroxylation is 1. The lowest BCUT2D eigenvalue weighted by molar-refractivity contribution is 0.214. The average Bonchev–Trinajstić information content (AvgIpc) is 3.15. The van der Waals surface area contributed by atoms with E-state index in [0.717, 1.165) is 52.8 Å². The third-order valence-electron chi connectivity index (χ3n) is 5.80. The van der Waals surface area contributed by atoms with Crippen molar-refractivity contribution in [3.63, 3.8) is 0 Å². The highest BCUT2D eigenvalue weighted by atomic mass is 16.5. The summed E-state index contributed by atoms with van der Waals surface area (Å²) in [6.07, 6.45) is 0.866. The molecule has 5 rings (SSSR count). The summed E-state index contributed by atoms with van der Waals surface area (Å²) in [6, 6.07) is 23.6. The number of hydrogen-bond donors (Lipinski definition) is 1. The molecule has 1 N–H and O–H groups in total. The zero-order valence-corrected chi connectivity index (χ0v) is 18.1. The van der Waals surface area contributed by atoms with Crippen LogP contribution in [0, 0.1) is 6.92 Å². The van der Waals surface area contributed by atoms with Gasteiger partial charge in [-0.25, -0.2) is 9.79 Å². The largest absolute Gasteiger partial charge is 0.454 e. The van der Waals surface area contributed by atoms with E-state index in [-0.39, 0.29) is 6.03 Å². The van der Waals surface area contributed by atoms with Gasteiger partial charge in [0.15, 0.2) is 5.75 Å². The van der Waals surface area contributed by atoms with Crippen molar-refractivity contribution < 1.29 is 9.53 Å². The number of urea groups is 1. The van der Waals surface area contributed by atoms with Crippen molar-refractivity contribution >= 4 is 23.2 Å². The highest BCUT2D eigenvalue weighted by Crippen LogP contribution is 2.38.